The summed E-state index contributed by atoms with van der Waals surface area (Å²) in [6.45, 7) is 2.08. The number of aromatic nitrogens is 5. The van der Waals surface area contributed by atoms with E-state index in [1.165, 1.54) is 0 Å². The zero-order chi connectivity index (χ0) is 16.4. The summed E-state index contributed by atoms with van der Waals surface area (Å²) in [7, 11) is 1.92. The highest BCUT2D eigenvalue weighted by Crippen LogP contribution is 2.25. The summed E-state index contributed by atoms with van der Waals surface area (Å²) in [5.41, 5.74) is 3.13. The lowest BCUT2D eigenvalue weighted by Gasteiger charge is -2.09. The highest BCUT2D eigenvalue weighted by molar-refractivity contribution is 9.10. The van der Waals surface area contributed by atoms with Gasteiger partial charge in [0.15, 0.2) is 11.6 Å². The minimum atomic E-state index is 0.825. The van der Waals surface area contributed by atoms with Gasteiger partial charge in [-0.3, -0.25) is 4.68 Å². The van der Waals surface area contributed by atoms with Crippen molar-refractivity contribution in [2.45, 2.75) is 13.3 Å². The molecule has 2 heterocycles. The van der Waals surface area contributed by atoms with Crippen LogP contribution >= 0.6 is 27.7 Å². The van der Waals surface area contributed by atoms with Crippen molar-refractivity contribution in [1.82, 2.24) is 24.5 Å². The van der Waals surface area contributed by atoms with E-state index in [0.29, 0.717) is 0 Å². The molecule has 0 aliphatic rings. The predicted molar refractivity (Wildman–Crippen MR) is 98.1 cm³/mol. The summed E-state index contributed by atoms with van der Waals surface area (Å²) in [5.74, 6) is 2.69. The summed E-state index contributed by atoms with van der Waals surface area (Å²) in [6, 6.07) is 8.14. The van der Waals surface area contributed by atoms with Crippen LogP contribution in [0.5, 0.6) is 0 Å². The summed E-state index contributed by atoms with van der Waals surface area (Å²) >= 11 is 5.32. The zero-order valence-electron chi connectivity index (χ0n) is 13.3. The van der Waals surface area contributed by atoms with E-state index < -0.39 is 0 Å². The number of nitrogens with zero attached hydrogens (tertiary/aromatic N) is 5. The predicted octanol–water partition coefficient (Wildman–Crippen LogP) is 3.64. The fraction of sp³-hybridized carbons (Fsp3) is 0.312. The first kappa shape index (κ1) is 16.3. The van der Waals surface area contributed by atoms with Gasteiger partial charge >= 0.3 is 0 Å². The molecule has 0 unspecified atom stereocenters. The lowest BCUT2D eigenvalue weighted by atomic mass is 10.2. The second-order valence-corrected chi connectivity index (χ2v) is 7.18. The minimum Gasteiger partial charge on any atom is -0.265 e. The molecule has 2 aromatic heterocycles. The Kier molecular flexibility index (Phi) is 4.87. The average molecular weight is 392 g/mol. The van der Waals surface area contributed by atoms with Gasteiger partial charge in [0.1, 0.15) is 5.69 Å². The van der Waals surface area contributed by atoms with Gasteiger partial charge in [0.05, 0.1) is 5.69 Å². The van der Waals surface area contributed by atoms with E-state index in [9.17, 15) is 0 Å². The third kappa shape index (κ3) is 3.35. The van der Waals surface area contributed by atoms with Crippen molar-refractivity contribution in [3.63, 3.8) is 0 Å². The lowest BCUT2D eigenvalue weighted by Crippen LogP contribution is -2.05. The summed E-state index contributed by atoms with van der Waals surface area (Å²) in [6.07, 6.45) is 4.73. The molecule has 0 spiro atoms. The fourth-order valence-electron chi connectivity index (χ4n) is 2.44. The van der Waals surface area contributed by atoms with Crippen LogP contribution in [0.4, 0.5) is 0 Å². The van der Waals surface area contributed by atoms with Gasteiger partial charge in [-0.05, 0) is 43.0 Å². The van der Waals surface area contributed by atoms with Crippen molar-refractivity contribution >= 4 is 27.7 Å². The molecule has 0 amide bonds. The SMILES string of the molecule is CSCCc1nc(-c2ccnn2C)n(-c2ccc(Br)cc2C)n1. The number of halogens is 1. The molecule has 3 rings (SSSR count). The van der Waals surface area contributed by atoms with Crippen LogP contribution in [0, 0.1) is 6.92 Å². The van der Waals surface area contributed by atoms with Gasteiger partial charge in [-0.15, -0.1) is 0 Å². The summed E-state index contributed by atoms with van der Waals surface area (Å²) in [5, 5.41) is 9.00. The second kappa shape index (κ2) is 6.88. The lowest BCUT2D eigenvalue weighted by molar-refractivity contribution is 0.760. The Morgan fingerprint density at radius 3 is 2.74 bits per heavy atom. The van der Waals surface area contributed by atoms with Crippen molar-refractivity contribution in [2.75, 3.05) is 12.0 Å². The number of thioether (sulfide) groups is 1. The molecular formula is C16H18BrN5S. The Morgan fingerprint density at radius 2 is 2.09 bits per heavy atom. The van der Waals surface area contributed by atoms with Gasteiger partial charge in [0, 0.05) is 29.9 Å². The molecule has 7 heteroatoms. The first-order chi connectivity index (χ1) is 11.1. The molecule has 1 aromatic carbocycles. The summed E-state index contributed by atoms with van der Waals surface area (Å²) in [4.78, 5) is 4.76. The second-order valence-electron chi connectivity index (χ2n) is 5.28. The van der Waals surface area contributed by atoms with Crippen LogP contribution in [0.3, 0.4) is 0 Å². The number of aryl methyl sites for hydroxylation is 3. The standard InChI is InChI=1S/C16H18BrN5S/c1-11-10-12(17)4-5-13(11)22-16(14-6-8-18-21(14)2)19-15(20-22)7-9-23-3/h4-6,8,10H,7,9H2,1-3H3. The maximum absolute atomic E-state index is 4.76. The molecule has 0 bridgehead atoms. The average Bonchev–Trinajstić information content (AvgIpc) is 3.11. The summed E-state index contributed by atoms with van der Waals surface area (Å²) < 4.78 is 4.81. The number of rotatable bonds is 5. The molecule has 23 heavy (non-hydrogen) atoms. The van der Waals surface area contributed by atoms with Crippen LogP contribution in [0.1, 0.15) is 11.4 Å². The normalized spacial score (nSPS) is 11.1. The van der Waals surface area contributed by atoms with Crippen LogP contribution in [-0.4, -0.2) is 36.6 Å². The van der Waals surface area contributed by atoms with Crippen molar-refractivity contribution in [3.8, 4) is 17.2 Å². The zero-order valence-corrected chi connectivity index (χ0v) is 15.7. The number of hydrogen-bond acceptors (Lipinski definition) is 4. The Hall–Kier alpha value is -1.60. The molecule has 0 N–H and O–H groups in total. The van der Waals surface area contributed by atoms with Gasteiger partial charge < -0.3 is 0 Å². The molecule has 0 fully saturated rings. The van der Waals surface area contributed by atoms with Crippen molar-refractivity contribution in [3.05, 3.63) is 46.3 Å². The van der Waals surface area contributed by atoms with Crippen LogP contribution < -0.4 is 0 Å². The Morgan fingerprint density at radius 1 is 1.26 bits per heavy atom. The smallest absolute Gasteiger partial charge is 0.181 e. The van der Waals surface area contributed by atoms with Gasteiger partial charge in [-0.2, -0.15) is 22.0 Å². The first-order valence-corrected chi connectivity index (χ1v) is 9.48. The molecule has 0 aliphatic carbocycles. The number of benzene rings is 1. The van der Waals surface area contributed by atoms with Crippen LogP contribution in [-0.2, 0) is 13.5 Å². The monoisotopic (exact) mass is 391 g/mol. The maximum atomic E-state index is 4.76. The van der Waals surface area contributed by atoms with E-state index in [0.717, 1.165) is 45.2 Å². The topological polar surface area (TPSA) is 48.5 Å². The van der Waals surface area contributed by atoms with Crippen LogP contribution in [0.15, 0.2) is 34.9 Å². The first-order valence-electron chi connectivity index (χ1n) is 7.30. The third-order valence-electron chi connectivity index (χ3n) is 3.62. The van der Waals surface area contributed by atoms with E-state index in [1.54, 1.807) is 18.0 Å². The minimum absolute atomic E-state index is 0.825. The maximum Gasteiger partial charge on any atom is 0.181 e. The largest absolute Gasteiger partial charge is 0.265 e. The number of hydrogen-bond donors (Lipinski definition) is 0. The molecule has 0 aliphatic heterocycles. The highest BCUT2D eigenvalue weighted by Gasteiger charge is 2.17. The Balaban J connectivity index is 2.14. The molecular weight excluding hydrogens is 374 g/mol. The molecule has 0 saturated carbocycles. The van der Waals surface area contributed by atoms with Crippen molar-refractivity contribution < 1.29 is 0 Å². The Labute approximate surface area is 148 Å². The van der Waals surface area contributed by atoms with E-state index in [4.69, 9.17) is 10.1 Å². The third-order valence-corrected chi connectivity index (χ3v) is 4.72. The van der Waals surface area contributed by atoms with Gasteiger partial charge in [-0.1, -0.05) is 15.9 Å². The van der Waals surface area contributed by atoms with Gasteiger partial charge in [0.2, 0.25) is 0 Å². The van der Waals surface area contributed by atoms with Gasteiger partial charge in [0.25, 0.3) is 0 Å². The van der Waals surface area contributed by atoms with E-state index >= 15 is 0 Å². The van der Waals surface area contributed by atoms with E-state index in [1.807, 2.05) is 28.5 Å². The molecule has 0 radical (unpaired) electrons. The Bertz CT molecular complexity index is 824. The van der Waals surface area contributed by atoms with Crippen molar-refractivity contribution in [1.29, 1.82) is 0 Å². The van der Waals surface area contributed by atoms with E-state index in [2.05, 4.69) is 46.3 Å². The van der Waals surface area contributed by atoms with Gasteiger partial charge in [-0.25, -0.2) is 9.67 Å². The fourth-order valence-corrected chi connectivity index (χ4v) is 3.30. The van der Waals surface area contributed by atoms with Crippen molar-refractivity contribution in [2.24, 2.45) is 7.05 Å². The van der Waals surface area contributed by atoms with Crippen LogP contribution in [0.2, 0.25) is 0 Å². The quantitative estimate of drug-likeness (QED) is 0.665. The molecule has 0 saturated heterocycles. The molecule has 5 nitrogen and oxygen atoms in total. The van der Waals surface area contributed by atoms with Crippen LogP contribution in [0.25, 0.3) is 17.2 Å². The molecule has 3 aromatic rings. The molecule has 0 atom stereocenters. The highest BCUT2D eigenvalue weighted by atomic mass is 79.9. The molecule has 120 valence electrons. The van der Waals surface area contributed by atoms with E-state index in [-0.39, 0.29) is 0 Å².